The van der Waals surface area contributed by atoms with Crippen LogP contribution in [-0.2, 0) is 10.9 Å². The molecule has 1 aromatic rings. The molecule has 0 amide bonds. The molecule has 1 aromatic heterocycles. The van der Waals surface area contributed by atoms with E-state index < -0.39 is 52.6 Å². The molecule has 0 aliphatic carbocycles. The molecule has 1 N–H and O–H groups in total. The third-order valence-corrected chi connectivity index (χ3v) is 2.78. The van der Waals surface area contributed by atoms with E-state index in [1.165, 1.54) is 13.8 Å². The summed E-state index contributed by atoms with van der Waals surface area (Å²) in [6.45, 7) is 2.78. The summed E-state index contributed by atoms with van der Waals surface area (Å²) < 4.78 is 69.8. The zero-order chi connectivity index (χ0) is 18.8. The van der Waals surface area contributed by atoms with Gasteiger partial charge in [0, 0.05) is 5.56 Å². The Hall–Kier alpha value is -2.52. The Morgan fingerprint density at radius 1 is 1.21 bits per heavy atom. The van der Waals surface area contributed by atoms with Crippen LogP contribution in [0.15, 0.2) is 5.57 Å². The average molecular weight is 353 g/mol. The van der Waals surface area contributed by atoms with Gasteiger partial charge >= 0.3 is 18.1 Å². The Morgan fingerprint density at radius 3 is 2.08 bits per heavy atom. The predicted molar refractivity (Wildman–Crippen MR) is 71.8 cm³/mol. The molecule has 10 heteroatoms. The monoisotopic (exact) mass is 353 g/mol. The number of nitrogens with zero attached hydrogens (tertiary/aromatic N) is 1. The van der Waals surface area contributed by atoms with E-state index in [1.54, 1.807) is 0 Å². The fourth-order valence-corrected chi connectivity index (χ4v) is 1.95. The number of esters is 1. The lowest BCUT2D eigenvalue weighted by atomic mass is 9.95. The molecule has 0 aliphatic rings. The second-order valence-corrected chi connectivity index (χ2v) is 4.83. The number of ether oxygens (including phenoxy) is 1. The van der Waals surface area contributed by atoms with Crippen LogP contribution in [0.25, 0.3) is 6.08 Å². The molecule has 0 saturated carbocycles. The summed E-state index contributed by atoms with van der Waals surface area (Å²) in [5, 5.41) is 9.14. The smallest absolute Gasteiger partial charge is 0.434 e. The van der Waals surface area contributed by atoms with Crippen molar-refractivity contribution >= 4 is 18.0 Å². The second kappa shape index (κ2) is 6.93. The van der Waals surface area contributed by atoms with Crippen molar-refractivity contribution in [1.82, 2.24) is 4.98 Å². The van der Waals surface area contributed by atoms with Gasteiger partial charge in [-0.3, -0.25) is 0 Å². The predicted octanol–water partition coefficient (Wildman–Crippen LogP) is 3.95. The van der Waals surface area contributed by atoms with Crippen molar-refractivity contribution in [2.45, 2.75) is 26.4 Å². The summed E-state index contributed by atoms with van der Waals surface area (Å²) in [4.78, 5) is 25.8. The summed E-state index contributed by atoms with van der Waals surface area (Å²) in [6.07, 6.45) is -7.97. The average Bonchev–Trinajstić information content (AvgIpc) is 2.42. The second-order valence-electron chi connectivity index (χ2n) is 4.83. The highest BCUT2D eigenvalue weighted by atomic mass is 19.4. The van der Waals surface area contributed by atoms with Crippen molar-refractivity contribution in [2.75, 3.05) is 7.11 Å². The number of alkyl halides is 5. The van der Waals surface area contributed by atoms with Crippen molar-refractivity contribution in [3.8, 4) is 0 Å². The van der Waals surface area contributed by atoms with Crippen molar-refractivity contribution in [3.05, 3.63) is 33.7 Å². The number of methoxy groups -OCH3 is 1. The van der Waals surface area contributed by atoms with Gasteiger partial charge in [0.2, 0.25) is 0 Å². The maximum Gasteiger partial charge on any atom is 0.434 e. The highest BCUT2D eigenvalue weighted by Gasteiger charge is 2.42. The molecule has 0 unspecified atom stereocenters. The van der Waals surface area contributed by atoms with Gasteiger partial charge in [-0.2, -0.15) is 13.2 Å². The standard InChI is InChI=1S/C14H12F5NO4/c1-5(2)4-6-7(12(21)22)9(11(15)16)20-10(14(17,18)19)8(6)13(23)24-3/h4,11H,1-3H3,(H,21,22). The van der Waals surface area contributed by atoms with Crippen LogP contribution < -0.4 is 0 Å². The van der Waals surface area contributed by atoms with E-state index in [4.69, 9.17) is 5.11 Å². The number of carbonyl (C=O) groups is 2. The molecule has 1 rings (SSSR count). The van der Waals surface area contributed by atoms with E-state index in [0.29, 0.717) is 0 Å². The summed E-state index contributed by atoms with van der Waals surface area (Å²) in [7, 11) is 0.774. The summed E-state index contributed by atoms with van der Waals surface area (Å²) in [5.74, 6) is -3.48. The van der Waals surface area contributed by atoms with Crippen molar-refractivity contribution < 1.29 is 41.4 Å². The molecule has 0 atom stereocenters. The Morgan fingerprint density at radius 2 is 1.75 bits per heavy atom. The van der Waals surface area contributed by atoms with E-state index in [0.717, 1.165) is 13.2 Å². The molecule has 0 bridgehead atoms. The van der Waals surface area contributed by atoms with Crippen LogP contribution in [0.1, 0.15) is 57.9 Å². The SMILES string of the molecule is COC(=O)c1c(C(F)(F)F)nc(C(F)F)c(C(=O)O)c1C=C(C)C. The van der Waals surface area contributed by atoms with Crippen molar-refractivity contribution in [1.29, 1.82) is 0 Å². The molecule has 0 aliphatic heterocycles. The molecular weight excluding hydrogens is 341 g/mol. The number of carbonyl (C=O) groups excluding carboxylic acids is 1. The van der Waals surface area contributed by atoms with E-state index in [1.807, 2.05) is 0 Å². The van der Waals surface area contributed by atoms with Gasteiger partial charge in [0.1, 0.15) is 5.69 Å². The van der Waals surface area contributed by atoms with E-state index in [2.05, 4.69) is 9.72 Å². The third-order valence-electron chi connectivity index (χ3n) is 2.78. The van der Waals surface area contributed by atoms with Gasteiger partial charge in [-0.15, -0.1) is 0 Å². The maximum absolute atomic E-state index is 13.2. The van der Waals surface area contributed by atoms with Crippen molar-refractivity contribution in [3.63, 3.8) is 0 Å². The molecule has 0 radical (unpaired) electrons. The molecule has 0 fully saturated rings. The first-order valence-corrected chi connectivity index (χ1v) is 6.31. The van der Waals surface area contributed by atoms with Crippen LogP contribution in [-0.4, -0.2) is 29.1 Å². The van der Waals surface area contributed by atoms with Gasteiger partial charge in [0.05, 0.1) is 18.2 Å². The lowest BCUT2D eigenvalue weighted by Gasteiger charge is -2.18. The number of rotatable bonds is 4. The van der Waals surface area contributed by atoms with Gasteiger partial charge < -0.3 is 9.84 Å². The minimum absolute atomic E-state index is 0.280. The normalized spacial score (nSPS) is 11.4. The van der Waals surface area contributed by atoms with Gasteiger partial charge in [-0.05, 0) is 13.8 Å². The number of carboxylic acids is 1. The van der Waals surface area contributed by atoms with Crippen LogP contribution in [0.2, 0.25) is 0 Å². The van der Waals surface area contributed by atoms with Crippen LogP contribution in [0.4, 0.5) is 22.0 Å². The molecule has 1 heterocycles. The molecule has 0 saturated heterocycles. The van der Waals surface area contributed by atoms with E-state index in [-0.39, 0.29) is 5.57 Å². The third kappa shape index (κ3) is 3.87. The number of aromatic nitrogens is 1. The van der Waals surface area contributed by atoms with Crippen LogP contribution in [0, 0.1) is 0 Å². The topological polar surface area (TPSA) is 76.5 Å². The minimum Gasteiger partial charge on any atom is -0.478 e. The summed E-state index contributed by atoms with van der Waals surface area (Å²) in [6, 6.07) is 0. The van der Waals surface area contributed by atoms with Crippen molar-refractivity contribution in [2.24, 2.45) is 0 Å². The molecule has 5 nitrogen and oxygen atoms in total. The Labute approximate surface area is 132 Å². The molecular formula is C14H12F5NO4. The van der Waals surface area contributed by atoms with Gasteiger partial charge in [0.15, 0.2) is 5.69 Å². The largest absolute Gasteiger partial charge is 0.478 e. The number of hydrogen-bond acceptors (Lipinski definition) is 4. The van der Waals surface area contributed by atoms with Gasteiger partial charge in [0.25, 0.3) is 6.43 Å². The molecule has 0 spiro atoms. The Bertz CT molecular complexity index is 706. The van der Waals surface area contributed by atoms with E-state index in [9.17, 15) is 31.5 Å². The zero-order valence-electron chi connectivity index (χ0n) is 12.7. The lowest BCUT2D eigenvalue weighted by Crippen LogP contribution is -2.23. The number of allylic oxidation sites excluding steroid dienone is 1. The first kappa shape index (κ1) is 19.5. The molecule has 132 valence electrons. The Kier molecular flexibility index (Phi) is 5.64. The number of pyridine rings is 1. The van der Waals surface area contributed by atoms with Gasteiger partial charge in [-0.1, -0.05) is 11.6 Å². The highest BCUT2D eigenvalue weighted by molar-refractivity contribution is 6.02. The minimum atomic E-state index is -5.27. The molecule has 24 heavy (non-hydrogen) atoms. The zero-order valence-corrected chi connectivity index (χ0v) is 12.7. The first-order chi connectivity index (χ1) is 10.9. The van der Waals surface area contributed by atoms with Crippen LogP contribution in [0.3, 0.4) is 0 Å². The first-order valence-electron chi connectivity index (χ1n) is 6.31. The lowest BCUT2D eigenvalue weighted by molar-refractivity contribution is -0.142. The van der Waals surface area contributed by atoms with Crippen LogP contribution in [0.5, 0.6) is 0 Å². The Balaban J connectivity index is 4.15. The summed E-state index contributed by atoms with van der Waals surface area (Å²) in [5.41, 5.74) is -6.46. The molecule has 0 aromatic carbocycles. The summed E-state index contributed by atoms with van der Waals surface area (Å²) >= 11 is 0. The maximum atomic E-state index is 13.2. The fourth-order valence-electron chi connectivity index (χ4n) is 1.95. The number of halogens is 5. The number of hydrogen-bond donors (Lipinski definition) is 1. The number of carboxylic acid groups (broad SMARTS) is 1. The fraction of sp³-hybridized carbons (Fsp3) is 0.357. The number of aromatic carboxylic acids is 1. The van der Waals surface area contributed by atoms with Crippen LogP contribution >= 0.6 is 0 Å². The highest BCUT2D eigenvalue weighted by Crippen LogP contribution is 2.37. The quantitative estimate of drug-likeness (QED) is 0.655. The van der Waals surface area contributed by atoms with Gasteiger partial charge in [-0.25, -0.2) is 23.4 Å². The van der Waals surface area contributed by atoms with E-state index >= 15 is 0 Å².